The molecule has 4 nitrogen and oxygen atoms in total. The minimum Gasteiger partial charge on any atom is -0.494 e. The summed E-state index contributed by atoms with van der Waals surface area (Å²) in [6.07, 6.45) is 2.31. The van der Waals surface area contributed by atoms with Crippen LogP contribution >= 0.6 is 0 Å². The van der Waals surface area contributed by atoms with Crippen LogP contribution in [0.25, 0.3) is 0 Å². The molecule has 0 fully saturated rings. The van der Waals surface area contributed by atoms with Crippen LogP contribution in [-0.4, -0.2) is 18.3 Å². The smallest absolute Gasteiger partial charge is 0.221 e. The molecule has 1 rings (SSSR count). The maximum atomic E-state index is 10.9. The van der Waals surface area contributed by atoms with E-state index in [-0.39, 0.29) is 11.7 Å². The average molecular weight is 249 g/mol. The molecule has 0 aliphatic rings. The minimum atomic E-state index is -0.103. The Morgan fingerprint density at radius 2 is 2.00 bits per heavy atom. The van der Waals surface area contributed by atoms with Crippen LogP contribution in [0.2, 0.25) is 0 Å². The third-order valence-electron chi connectivity index (χ3n) is 2.35. The second-order valence-electron chi connectivity index (χ2n) is 4.22. The summed E-state index contributed by atoms with van der Waals surface area (Å²) in [6, 6.07) is 7.27. The zero-order valence-electron chi connectivity index (χ0n) is 10.9. The van der Waals surface area contributed by atoms with Crippen molar-refractivity contribution in [3.63, 3.8) is 0 Å². The van der Waals surface area contributed by atoms with E-state index in [1.807, 2.05) is 18.2 Å². The highest BCUT2D eigenvalue weighted by Crippen LogP contribution is 2.17. The van der Waals surface area contributed by atoms with E-state index < -0.39 is 0 Å². The summed E-state index contributed by atoms with van der Waals surface area (Å²) in [5, 5.41) is 2.70. The first-order valence-corrected chi connectivity index (χ1v) is 6.08. The number of rotatable bonds is 7. The first-order chi connectivity index (χ1) is 8.58. The van der Waals surface area contributed by atoms with E-state index in [4.69, 9.17) is 4.74 Å². The summed E-state index contributed by atoms with van der Waals surface area (Å²) < 4.78 is 5.55. The van der Waals surface area contributed by atoms with Crippen molar-refractivity contribution in [1.82, 2.24) is 0 Å². The van der Waals surface area contributed by atoms with Gasteiger partial charge in [-0.15, -0.1) is 0 Å². The minimum absolute atomic E-state index is 0.103. The van der Waals surface area contributed by atoms with Crippen LogP contribution in [0.3, 0.4) is 0 Å². The van der Waals surface area contributed by atoms with Crippen molar-refractivity contribution in [2.75, 3.05) is 11.9 Å². The SMILES string of the molecule is CC(=O)CCCCOc1cccc(NC(C)=O)c1. The Hall–Kier alpha value is -1.84. The van der Waals surface area contributed by atoms with E-state index in [9.17, 15) is 9.59 Å². The second-order valence-corrected chi connectivity index (χ2v) is 4.22. The number of hydrogen-bond acceptors (Lipinski definition) is 3. The molecule has 0 aliphatic carbocycles. The van der Waals surface area contributed by atoms with Crippen LogP contribution in [0.1, 0.15) is 33.1 Å². The molecule has 4 heteroatoms. The van der Waals surface area contributed by atoms with Crippen LogP contribution in [0, 0.1) is 0 Å². The van der Waals surface area contributed by atoms with Gasteiger partial charge in [-0.05, 0) is 31.9 Å². The lowest BCUT2D eigenvalue weighted by Crippen LogP contribution is -2.06. The molecule has 0 aliphatic heterocycles. The van der Waals surface area contributed by atoms with Crippen molar-refractivity contribution >= 4 is 17.4 Å². The number of benzene rings is 1. The molecule has 0 atom stereocenters. The zero-order valence-corrected chi connectivity index (χ0v) is 10.9. The fraction of sp³-hybridized carbons (Fsp3) is 0.429. The lowest BCUT2D eigenvalue weighted by atomic mass is 10.2. The normalized spacial score (nSPS) is 9.89. The van der Waals surface area contributed by atoms with Crippen LogP contribution in [0.15, 0.2) is 24.3 Å². The highest BCUT2D eigenvalue weighted by molar-refractivity contribution is 5.88. The van der Waals surface area contributed by atoms with Crippen molar-refractivity contribution < 1.29 is 14.3 Å². The summed E-state index contributed by atoms with van der Waals surface area (Å²) in [5.74, 6) is 0.834. The first-order valence-electron chi connectivity index (χ1n) is 6.08. The first kappa shape index (κ1) is 14.2. The van der Waals surface area contributed by atoms with Gasteiger partial charge in [0.15, 0.2) is 0 Å². The maximum absolute atomic E-state index is 10.9. The Bertz CT molecular complexity index is 415. The van der Waals surface area contributed by atoms with Crippen molar-refractivity contribution in [3.8, 4) is 5.75 Å². The van der Waals surface area contributed by atoms with Crippen LogP contribution in [0.4, 0.5) is 5.69 Å². The second kappa shape index (κ2) is 7.48. The van der Waals surface area contributed by atoms with Crippen LogP contribution < -0.4 is 10.1 Å². The molecule has 0 saturated carbocycles. The monoisotopic (exact) mass is 249 g/mol. The predicted molar refractivity (Wildman–Crippen MR) is 70.8 cm³/mol. The number of Topliss-reactive ketones (excluding diaryl/α,β-unsaturated/α-hetero) is 1. The standard InChI is InChI=1S/C14H19NO3/c1-11(16)6-3-4-9-18-14-8-5-7-13(10-14)15-12(2)17/h5,7-8,10H,3-4,6,9H2,1-2H3,(H,15,17). The number of ketones is 1. The summed E-state index contributed by atoms with van der Waals surface area (Å²) in [5.41, 5.74) is 0.726. The molecular formula is C14H19NO3. The Balaban J connectivity index is 2.33. The van der Waals surface area contributed by atoms with Gasteiger partial charge in [-0.25, -0.2) is 0 Å². The lowest BCUT2D eigenvalue weighted by molar-refractivity contribution is -0.117. The quantitative estimate of drug-likeness (QED) is 0.756. The van der Waals surface area contributed by atoms with Gasteiger partial charge in [0.1, 0.15) is 11.5 Å². The number of hydrogen-bond donors (Lipinski definition) is 1. The number of nitrogens with one attached hydrogen (secondary N) is 1. The summed E-state index contributed by atoms with van der Waals surface area (Å²) >= 11 is 0. The maximum Gasteiger partial charge on any atom is 0.221 e. The molecule has 18 heavy (non-hydrogen) atoms. The van der Waals surface area contributed by atoms with Gasteiger partial charge >= 0.3 is 0 Å². The Morgan fingerprint density at radius 1 is 1.22 bits per heavy atom. The molecule has 0 saturated heterocycles. The van der Waals surface area contributed by atoms with Gasteiger partial charge in [0.25, 0.3) is 0 Å². The van der Waals surface area contributed by atoms with Gasteiger partial charge in [0.05, 0.1) is 6.61 Å². The molecule has 1 amide bonds. The highest BCUT2D eigenvalue weighted by Gasteiger charge is 1.99. The van der Waals surface area contributed by atoms with Gasteiger partial charge in [0.2, 0.25) is 5.91 Å². The number of unbranched alkanes of at least 4 members (excludes halogenated alkanes) is 1. The van der Waals surface area contributed by atoms with Crippen LogP contribution in [0.5, 0.6) is 5.75 Å². The molecule has 0 unspecified atom stereocenters. The van der Waals surface area contributed by atoms with Crippen molar-refractivity contribution in [2.24, 2.45) is 0 Å². The number of carbonyl (C=O) groups is 2. The number of ether oxygens (including phenoxy) is 1. The van der Waals surface area contributed by atoms with E-state index in [0.29, 0.717) is 13.0 Å². The van der Waals surface area contributed by atoms with Crippen molar-refractivity contribution in [3.05, 3.63) is 24.3 Å². The Labute approximate surface area is 107 Å². The highest BCUT2D eigenvalue weighted by atomic mass is 16.5. The molecule has 0 spiro atoms. The summed E-state index contributed by atoms with van der Waals surface area (Å²) in [6.45, 7) is 3.64. The van der Waals surface area contributed by atoms with Crippen molar-refractivity contribution in [1.29, 1.82) is 0 Å². The van der Waals surface area contributed by atoms with Gasteiger partial charge in [-0.2, -0.15) is 0 Å². The average Bonchev–Trinajstić information content (AvgIpc) is 2.27. The lowest BCUT2D eigenvalue weighted by Gasteiger charge is -2.08. The van der Waals surface area contributed by atoms with E-state index in [1.165, 1.54) is 6.92 Å². The molecule has 1 aromatic carbocycles. The van der Waals surface area contributed by atoms with Gasteiger partial charge < -0.3 is 14.8 Å². The van der Waals surface area contributed by atoms with E-state index >= 15 is 0 Å². The summed E-state index contributed by atoms with van der Waals surface area (Å²) in [7, 11) is 0. The number of anilines is 1. The Morgan fingerprint density at radius 3 is 2.67 bits per heavy atom. The van der Waals surface area contributed by atoms with Crippen LogP contribution in [-0.2, 0) is 9.59 Å². The summed E-state index contributed by atoms with van der Waals surface area (Å²) in [4.78, 5) is 21.6. The fourth-order valence-electron chi connectivity index (χ4n) is 1.53. The molecule has 0 bridgehead atoms. The zero-order chi connectivity index (χ0) is 13.4. The third kappa shape index (κ3) is 6.03. The van der Waals surface area contributed by atoms with Gasteiger partial charge in [0, 0.05) is 25.1 Å². The molecule has 0 aromatic heterocycles. The van der Waals surface area contributed by atoms with Gasteiger partial charge in [-0.1, -0.05) is 6.07 Å². The third-order valence-corrected chi connectivity index (χ3v) is 2.35. The van der Waals surface area contributed by atoms with Gasteiger partial charge in [-0.3, -0.25) is 4.79 Å². The molecule has 0 heterocycles. The molecule has 98 valence electrons. The van der Waals surface area contributed by atoms with Crippen molar-refractivity contribution in [2.45, 2.75) is 33.1 Å². The Kier molecular flexibility index (Phi) is 5.91. The topological polar surface area (TPSA) is 55.4 Å². The molecular weight excluding hydrogens is 230 g/mol. The molecule has 1 aromatic rings. The largest absolute Gasteiger partial charge is 0.494 e. The molecule has 1 N–H and O–H groups in total. The van der Waals surface area contributed by atoms with E-state index in [1.54, 1.807) is 13.0 Å². The molecule has 0 radical (unpaired) electrons. The number of carbonyl (C=O) groups excluding carboxylic acids is 2. The van der Waals surface area contributed by atoms with E-state index in [2.05, 4.69) is 5.32 Å². The van der Waals surface area contributed by atoms with E-state index in [0.717, 1.165) is 24.3 Å². The fourth-order valence-corrected chi connectivity index (χ4v) is 1.53. The number of amides is 1. The predicted octanol–water partition coefficient (Wildman–Crippen LogP) is 2.78.